The van der Waals surface area contributed by atoms with Gasteiger partial charge in [-0.05, 0) is 18.2 Å². The predicted molar refractivity (Wildman–Crippen MR) is 138 cm³/mol. The van der Waals surface area contributed by atoms with E-state index in [1.807, 2.05) is 83.3 Å². The maximum absolute atomic E-state index is 13.5. The molecule has 3 heterocycles. The van der Waals surface area contributed by atoms with Crippen LogP contribution in [0.15, 0.2) is 99.4 Å². The molecule has 0 aliphatic rings. The van der Waals surface area contributed by atoms with Crippen LogP contribution in [0.4, 0.5) is 0 Å². The van der Waals surface area contributed by atoms with Crippen LogP contribution in [0.25, 0.3) is 28.0 Å². The largest absolute Gasteiger partial charge is 0.496 e. The number of oxazole rings is 1. The molecule has 178 valence electrons. The molecule has 0 aliphatic heterocycles. The number of para-hydroxylation sites is 2. The summed E-state index contributed by atoms with van der Waals surface area (Å²) >= 11 is 1.45. The topological polar surface area (TPSA) is 87.5 Å². The number of nitrogens with zero attached hydrogens (tertiary/aromatic N) is 5. The average molecular weight is 496 g/mol. The van der Waals surface area contributed by atoms with Gasteiger partial charge in [-0.15, -0.1) is 10.2 Å². The lowest BCUT2D eigenvalue weighted by Gasteiger charge is -2.13. The third kappa shape index (κ3) is 3.93. The minimum absolute atomic E-state index is 0.131. The van der Waals surface area contributed by atoms with Crippen LogP contribution in [0.5, 0.6) is 5.75 Å². The SMILES string of the molecule is COc1ccccc1Cn1c(=O)c2ccccc2n2c(SCc3ncc(-c4ccccc4)o3)nnc12. The average Bonchev–Trinajstić information content (AvgIpc) is 3.58. The quantitative estimate of drug-likeness (QED) is 0.287. The Bertz CT molecular complexity index is 1740. The van der Waals surface area contributed by atoms with Crippen LogP contribution in [0.3, 0.4) is 0 Å². The number of rotatable bonds is 7. The second kappa shape index (κ2) is 9.35. The van der Waals surface area contributed by atoms with Gasteiger partial charge in [0.1, 0.15) is 5.75 Å². The predicted octanol–water partition coefficient (Wildman–Crippen LogP) is 5.05. The zero-order valence-corrected chi connectivity index (χ0v) is 20.2. The van der Waals surface area contributed by atoms with Crippen LogP contribution >= 0.6 is 11.8 Å². The molecule has 6 aromatic rings. The first-order valence-electron chi connectivity index (χ1n) is 11.3. The number of aromatic nitrogens is 5. The molecule has 0 fully saturated rings. The molecule has 0 amide bonds. The Kier molecular flexibility index (Phi) is 5.74. The minimum atomic E-state index is -0.131. The van der Waals surface area contributed by atoms with E-state index in [2.05, 4.69) is 15.2 Å². The molecule has 8 nitrogen and oxygen atoms in total. The fourth-order valence-corrected chi connectivity index (χ4v) is 5.01. The van der Waals surface area contributed by atoms with Crippen molar-refractivity contribution >= 4 is 28.4 Å². The fraction of sp³-hybridized carbons (Fsp3) is 0.111. The molecule has 9 heteroatoms. The summed E-state index contributed by atoms with van der Waals surface area (Å²) in [4.78, 5) is 17.9. The number of hydrogen-bond donors (Lipinski definition) is 0. The number of ether oxygens (including phenoxy) is 1. The molecule has 0 saturated heterocycles. The molecule has 0 radical (unpaired) electrons. The van der Waals surface area contributed by atoms with E-state index in [9.17, 15) is 4.79 Å². The Morgan fingerprint density at radius 2 is 1.72 bits per heavy atom. The highest BCUT2D eigenvalue weighted by Gasteiger charge is 2.18. The first kappa shape index (κ1) is 22.1. The Balaban J connectivity index is 1.39. The third-order valence-electron chi connectivity index (χ3n) is 5.94. The number of methoxy groups -OCH3 is 1. The van der Waals surface area contributed by atoms with Crippen molar-refractivity contribution in [1.29, 1.82) is 0 Å². The van der Waals surface area contributed by atoms with Crippen molar-refractivity contribution in [2.24, 2.45) is 0 Å². The van der Waals surface area contributed by atoms with Gasteiger partial charge in [0.15, 0.2) is 10.9 Å². The monoisotopic (exact) mass is 495 g/mol. The summed E-state index contributed by atoms with van der Waals surface area (Å²) in [7, 11) is 1.62. The molecular formula is C27H21N5O3S. The van der Waals surface area contributed by atoms with Crippen molar-refractivity contribution in [3.05, 3.63) is 107 Å². The molecule has 0 saturated carbocycles. The van der Waals surface area contributed by atoms with E-state index in [0.717, 1.165) is 16.6 Å². The van der Waals surface area contributed by atoms with Gasteiger partial charge >= 0.3 is 0 Å². The second-order valence-electron chi connectivity index (χ2n) is 8.11. The zero-order valence-electron chi connectivity index (χ0n) is 19.4. The van der Waals surface area contributed by atoms with Crippen molar-refractivity contribution in [3.8, 4) is 17.1 Å². The first-order valence-corrected chi connectivity index (χ1v) is 12.3. The van der Waals surface area contributed by atoms with Crippen molar-refractivity contribution in [2.75, 3.05) is 7.11 Å². The summed E-state index contributed by atoms with van der Waals surface area (Å²) in [6.07, 6.45) is 1.73. The smallest absolute Gasteiger partial charge is 0.263 e. The standard InChI is InChI=1S/C27H21N5O3S/c1-34-22-14-8-5-11-19(22)16-31-25(33)20-12-6-7-13-21(20)32-26(31)29-30-27(32)36-17-24-28-15-23(35-24)18-9-3-2-4-10-18/h2-15H,16-17H2,1H3. The van der Waals surface area contributed by atoms with Gasteiger partial charge in [0.25, 0.3) is 5.56 Å². The van der Waals surface area contributed by atoms with Gasteiger partial charge in [-0.1, -0.05) is 72.4 Å². The molecule has 3 aromatic carbocycles. The lowest BCUT2D eigenvalue weighted by Crippen LogP contribution is -2.24. The number of fused-ring (bicyclic) bond motifs is 3. The van der Waals surface area contributed by atoms with Crippen LogP contribution in [-0.4, -0.2) is 31.3 Å². The maximum atomic E-state index is 13.5. The highest BCUT2D eigenvalue weighted by atomic mass is 32.2. The van der Waals surface area contributed by atoms with Gasteiger partial charge in [0.2, 0.25) is 11.7 Å². The van der Waals surface area contributed by atoms with E-state index in [-0.39, 0.29) is 5.56 Å². The van der Waals surface area contributed by atoms with Gasteiger partial charge in [0.05, 0.1) is 36.5 Å². The van der Waals surface area contributed by atoms with E-state index in [1.54, 1.807) is 17.9 Å². The number of hydrogen-bond acceptors (Lipinski definition) is 7. The molecule has 0 spiro atoms. The third-order valence-corrected chi connectivity index (χ3v) is 6.85. The number of benzene rings is 3. The summed E-state index contributed by atoms with van der Waals surface area (Å²) in [6.45, 7) is 0.306. The minimum Gasteiger partial charge on any atom is -0.496 e. The molecule has 36 heavy (non-hydrogen) atoms. The van der Waals surface area contributed by atoms with E-state index < -0.39 is 0 Å². The number of thioether (sulfide) groups is 1. The van der Waals surface area contributed by atoms with Gasteiger partial charge in [-0.3, -0.25) is 13.8 Å². The summed E-state index contributed by atoms with van der Waals surface area (Å²) in [5, 5.41) is 10.1. The molecule has 3 aromatic heterocycles. The first-order chi connectivity index (χ1) is 17.7. The Morgan fingerprint density at radius 1 is 0.944 bits per heavy atom. The summed E-state index contributed by atoms with van der Waals surface area (Å²) in [6, 6.07) is 25.0. The van der Waals surface area contributed by atoms with Gasteiger partial charge in [-0.2, -0.15) is 0 Å². The molecular weight excluding hydrogens is 474 g/mol. The molecule has 0 N–H and O–H groups in total. The maximum Gasteiger partial charge on any atom is 0.263 e. The van der Waals surface area contributed by atoms with Crippen LogP contribution in [0.2, 0.25) is 0 Å². The summed E-state index contributed by atoms with van der Waals surface area (Å²) in [5.74, 6) is 2.94. The van der Waals surface area contributed by atoms with Crippen molar-refractivity contribution in [2.45, 2.75) is 17.5 Å². The van der Waals surface area contributed by atoms with Gasteiger partial charge in [-0.25, -0.2) is 4.98 Å². The zero-order chi connectivity index (χ0) is 24.5. The summed E-state index contributed by atoms with van der Waals surface area (Å²) < 4.78 is 15.0. The Hall–Kier alpha value is -4.37. The molecule has 0 aliphatic carbocycles. The second-order valence-corrected chi connectivity index (χ2v) is 9.05. The van der Waals surface area contributed by atoms with Crippen LogP contribution in [-0.2, 0) is 12.3 Å². The highest BCUT2D eigenvalue weighted by Crippen LogP contribution is 2.27. The van der Waals surface area contributed by atoms with Gasteiger partial charge < -0.3 is 9.15 Å². The van der Waals surface area contributed by atoms with Crippen molar-refractivity contribution in [1.82, 2.24) is 24.1 Å². The normalized spacial score (nSPS) is 11.4. The fourth-order valence-electron chi connectivity index (χ4n) is 4.21. The van der Waals surface area contributed by atoms with E-state index in [4.69, 9.17) is 9.15 Å². The molecule has 0 atom stereocenters. The van der Waals surface area contributed by atoms with Gasteiger partial charge in [0, 0.05) is 11.1 Å². The Labute approximate surface area is 210 Å². The van der Waals surface area contributed by atoms with Crippen molar-refractivity contribution in [3.63, 3.8) is 0 Å². The lowest BCUT2D eigenvalue weighted by atomic mass is 10.2. The van der Waals surface area contributed by atoms with Crippen LogP contribution in [0.1, 0.15) is 11.5 Å². The van der Waals surface area contributed by atoms with Crippen LogP contribution in [0, 0.1) is 0 Å². The highest BCUT2D eigenvalue weighted by molar-refractivity contribution is 7.98. The van der Waals surface area contributed by atoms with E-state index in [1.165, 1.54) is 11.8 Å². The van der Waals surface area contributed by atoms with E-state index in [0.29, 0.717) is 46.0 Å². The molecule has 0 bridgehead atoms. The molecule has 0 unspecified atom stereocenters. The Morgan fingerprint density at radius 3 is 2.58 bits per heavy atom. The summed E-state index contributed by atoms with van der Waals surface area (Å²) in [5.41, 5.74) is 2.47. The van der Waals surface area contributed by atoms with Crippen molar-refractivity contribution < 1.29 is 9.15 Å². The van der Waals surface area contributed by atoms with E-state index >= 15 is 0 Å². The molecule has 6 rings (SSSR count). The van der Waals surface area contributed by atoms with Crippen LogP contribution < -0.4 is 10.3 Å². The lowest BCUT2D eigenvalue weighted by molar-refractivity contribution is 0.408.